The molecule has 0 saturated carbocycles. The lowest BCUT2D eigenvalue weighted by molar-refractivity contribution is 0.0988. The second-order valence-corrected chi connectivity index (χ2v) is 7.43. The number of nitrogens with zero attached hydrogens (tertiary/aromatic N) is 3. The Kier molecular flexibility index (Phi) is 5.83. The Bertz CT molecular complexity index is 1370. The van der Waals surface area contributed by atoms with Crippen LogP contribution in [0.3, 0.4) is 0 Å². The number of anilines is 1. The van der Waals surface area contributed by atoms with Gasteiger partial charge >= 0.3 is 0 Å². The van der Waals surface area contributed by atoms with Gasteiger partial charge in [-0.25, -0.2) is 0 Å². The molecule has 0 fully saturated rings. The van der Waals surface area contributed by atoms with Crippen molar-refractivity contribution in [3.05, 3.63) is 87.8 Å². The monoisotopic (exact) mass is 449 g/mol. The van der Waals surface area contributed by atoms with Crippen molar-refractivity contribution in [2.24, 2.45) is 0 Å². The van der Waals surface area contributed by atoms with Crippen LogP contribution in [0.15, 0.2) is 71.5 Å². The Morgan fingerprint density at radius 3 is 2.31 bits per heavy atom. The maximum atomic E-state index is 13.5. The molecule has 0 bridgehead atoms. The van der Waals surface area contributed by atoms with Crippen LogP contribution < -0.4 is 19.9 Å². The highest BCUT2D eigenvalue weighted by atomic mass is 35.5. The Hall–Kier alpha value is -3.84. The molecule has 0 N–H and O–H groups in total. The van der Waals surface area contributed by atoms with Crippen LogP contribution in [0.2, 0.25) is 5.02 Å². The number of fused-ring (bicyclic) bond motifs is 1. The van der Waals surface area contributed by atoms with Crippen molar-refractivity contribution >= 4 is 34.0 Å². The van der Waals surface area contributed by atoms with Crippen molar-refractivity contribution in [3.8, 4) is 17.2 Å². The highest BCUT2D eigenvalue weighted by Gasteiger charge is 2.22. The minimum atomic E-state index is -0.371. The molecule has 162 valence electrons. The van der Waals surface area contributed by atoms with E-state index in [9.17, 15) is 9.59 Å². The van der Waals surface area contributed by atoms with Crippen LogP contribution in [0.5, 0.6) is 11.5 Å². The average Bonchev–Trinajstić information content (AvgIpc) is 2.83. The van der Waals surface area contributed by atoms with Gasteiger partial charge in [-0.05, 0) is 42.5 Å². The van der Waals surface area contributed by atoms with Crippen LogP contribution in [0.25, 0.3) is 16.5 Å². The fourth-order valence-electron chi connectivity index (χ4n) is 3.41. The summed E-state index contributed by atoms with van der Waals surface area (Å²) in [5, 5.41) is 5.87. The molecule has 1 heterocycles. The SMILES string of the molecule is COc1ccc(-n2nc(C(=O)N(C)c3ccc(Cl)cc3)c3ccccc3c2=O)c(OC)c1. The number of ether oxygens (including phenoxy) is 2. The predicted molar refractivity (Wildman–Crippen MR) is 125 cm³/mol. The molecule has 3 aromatic carbocycles. The van der Waals surface area contributed by atoms with Crippen LogP contribution in [0.4, 0.5) is 5.69 Å². The zero-order valence-corrected chi connectivity index (χ0v) is 18.5. The maximum Gasteiger partial charge on any atom is 0.279 e. The summed E-state index contributed by atoms with van der Waals surface area (Å²) < 4.78 is 11.9. The van der Waals surface area contributed by atoms with E-state index in [2.05, 4.69) is 5.10 Å². The third-order valence-corrected chi connectivity index (χ3v) is 5.39. The number of benzene rings is 3. The minimum Gasteiger partial charge on any atom is -0.497 e. The molecule has 32 heavy (non-hydrogen) atoms. The summed E-state index contributed by atoms with van der Waals surface area (Å²) in [5.74, 6) is 0.585. The standard InChI is InChI=1S/C24H20ClN3O4/c1-27(16-10-8-15(25)9-11-16)24(30)22-18-6-4-5-7-19(18)23(29)28(26-22)20-13-12-17(31-2)14-21(20)32-3/h4-14H,1-3H3. The zero-order valence-electron chi connectivity index (χ0n) is 17.7. The number of aromatic nitrogens is 2. The van der Waals surface area contributed by atoms with Crippen molar-refractivity contribution in [1.29, 1.82) is 0 Å². The van der Waals surface area contributed by atoms with Crippen molar-refractivity contribution in [2.75, 3.05) is 26.2 Å². The summed E-state index contributed by atoms with van der Waals surface area (Å²) >= 11 is 5.97. The van der Waals surface area contributed by atoms with Crippen molar-refractivity contribution in [3.63, 3.8) is 0 Å². The van der Waals surface area contributed by atoms with Crippen LogP contribution in [0, 0.1) is 0 Å². The van der Waals surface area contributed by atoms with E-state index in [0.29, 0.717) is 38.7 Å². The third-order valence-electron chi connectivity index (χ3n) is 5.14. The molecule has 0 aliphatic heterocycles. The number of amides is 1. The molecule has 7 nitrogen and oxygen atoms in total. The molecule has 0 unspecified atom stereocenters. The van der Waals surface area contributed by atoms with Gasteiger partial charge in [0.2, 0.25) is 0 Å². The fraction of sp³-hybridized carbons (Fsp3) is 0.125. The summed E-state index contributed by atoms with van der Waals surface area (Å²) in [4.78, 5) is 28.2. The van der Waals surface area contributed by atoms with Gasteiger partial charge in [-0.3, -0.25) is 9.59 Å². The van der Waals surface area contributed by atoms with E-state index in [1.54, 1.807) is 73.8 Å². The van der Waals surface area contributed by atoms with E-state index in [1.165, 1.54) is 23.8 Å². The van der Waals surface area contributed by atoms with E-state index in [-0.39, 0.29) is 17.2 Å². The first kappa shape index (κ1) is 21.4. The molecular formula is C24H20ClN3O4. The summed E-state index contributed by atoms with van der Waals surface area (Å²) in [6.45, 7) is 0. The van der Waals surface area contributed by atoms with Crippen LogP contribution in [-0.2, 0) is 0 Å². The first-order valence-corrected chi connectivity index (χ1v) is 10.1. The van der Waals surface area contributed by atoms with E-state index < -0.39 is 0 Å². The second-order valence-electron chi connectivity index (χ2n) is 6.99. The van der Waals surface area contributed by atoms with Gasteiger partial charge in [0, 0.05) is 29.2 Å². The van der Waals surface area contributed by atoms with Gasteiger partial charge in [0.25, 0.3) is 11.5 Å². The molecule has 0 aliphatic rings. The number of methoxy groups -OCH3 is 2. The van der Waals surface area contributed by atoms with E-state index in [4.69, 9.17) is 21.1 Å². The maximum absolute atomic E-state index is 13.5. The van der Waals surface area contributed by atoms with Crippen molar-refractivity contribution < 1.29 is 14.3 Å². The van der Waals surface area contributed by atoms with Crippen LogP contribution in [-0.4, -0.2) is 37.0 Å². The van der Waals surface area contributed by atoms with Crippen LogP contribution in [0.1, 0.15) is 10.5 Å². The molecule has 4 rings (SSSR count). The Labute approximate surface area is 189 Å². The van der Waals surface area contributed by atoms with E-state index >= 15 is 0 Å². The third kappa shape index (κ3) is 3.78. The highest BCUT2D eigenvalue weighted by molar-refractivity contribution is 6.30. The van der Waals surface area contributed by atoms with Crippen molar-refractivity contribution in [2.45, 2.75) is 0 Å². The summed E-state index contributed by atoms with van der Waals surface area (Å²) in [6.07, 6.45) is 0. The lowest BCUT2D eigenvalue weighted by atomic mass is 10.1. The predicted octanol–water partition coefficient (Wildman–Crippen LogP) is 4.33. The summed E-state index contributed by atoms with van der Waals surface area (Å²) in [7, 11) is 4.68. The lowest BCUT2D eigenvalue weighted by Gasteiger charge is -2.19. The van der Waals surface area contributed by atoms with E-state index in [1.807, 2.05) is 0 Å². The van der Waals surface area contributed by atoms with Crippen molar-refractivity contribution in [1.82, 2.24) is 9.78 Å². The normalized spacial score (nSPS) is 10.8. The molecule has 0 radical (unpaired) electrons. The number of carbonyl (C=O) groups is 1. The molecule has 0 atom stereocenters. The molecule has 8 heteroatoms. The molecule has 1 amide bonds. The summed E-state index contributed by atoms with van der Waals surface area (Å²) in [6, 6.07) is 18.8. The zero-order chi connectivity index (χ0) is 22.8. The van der Waals surface area contributed by atoms with Gasteiger partial charge in [-0.2, -0.15) is 9.78 Å². The number of rotatable bonds is 5. The number of hydrogen-bond donors (Lipinski definition) is 0. The van der Waals surface area contributed by atoms with E-state index in [0.717, 1.165) is 0 Å². The number of hydrogen-bond acceptors (Lipinski definition) is 5. The van der Waals surface area contributed by atoms with Gasteiger partial charge in [-0.15, -0.1) is 0 Å². The molecular weight excluding hydrogens is 430 g/mol. The quantitative estimate of drug-likeness (QED) is 0.453. The van der Waals surface area contributed by atoms with Gasteiger partial charge in [0.15, 0.2) is 5.69 Å². The largest absolute Gasteiger partial charge is 0.497 e. The Morgan fingerprint density at radius 1 is 0.969 bits per heavy atom. The fourth-order valence-corrected chi connectivity index (χ4v) is 3.54. The van der Waals surface area contributed by atoms with Gasteiger partial charge in [0.1, 0.15) is 17.2 Å². The van der Waals surface area contributed by atoms with Gasteiger partial charge < -0.3 is 14.4 Å². The molecule has 4 aromatic rings. The smallest absolute Gasteiger partial charge is 0.279 e. The van der Waals surface area contributed by atoms with Gasteiger partial charge in [0.05, 0.1) is 19.6 Å². The molecule has 0 aliphatic carbocycles. The lowest BCUT2D eigenvalue weighted by Crippen LogP contribution is -2.31. The second kappa shape index (κ2) is 8.72. The number of carbonyl (C=O) groups excluding carboxylic acids is 1. The van der Waals surface area contributed by atoms with Gasteiger partial charge in [-0.1, -0.05) is 29.8 Å². The minimum absolute atomic E-state index is 0.135. The first-order valence-electron chi connectivity index (χ1n) is 9.72. The first-order chi connectivity index (χ1) is 15.4. The Balaban J connectivity index is 1.93. The average molecular weight is 450 g/mol. The molecule has 0 spiro atoms. The summed E-state index contributed by atoms with van der Waals surface area (Å²) in [5.41, 5.74) is 0.808. The highest BCUT2D eigenvalue weighted by Crippen LogP contribution is 2.28. The van der Waals surface area contributed by atoms with Crippen LogP contribution >= 0.6 is 11.6 Å². The Morgan fingerprint density at radius 2 is 1.66 bits per heavy atom. The molecule has 1 aromatic heterocycles. The molecule has 0 saturated heterocycles. The number of halogens is 1. The topological polar surface area (TPSA) is 73.7 Å².